The predicted octanol–water partition coefficient (Wildman–Crippen LogP) is -0.201. The lowest BCUT2D eigenvalue weighted by Gasteiger charge is -2.49. The van der Waals surface area contributed by atoms with E-state index in [0.717, 1.165) is 6.20 Å². The highest BCUT2D eigenvalue weighted by Gasteiger charge is 2.51. The minimum Gasteiger partial charge on any atom is -0.356 e. The van der Waals surface area contributed by atoms with E-state index in [4.69, 9.17) is 4.74 Å². The second-order valence-corrected chi connectivity index (χ2v) is 7.42. The number of pyridine rings is 1. The highest BCUT2D eigenvalue weighted by Crippen LogP contribution is 2.29. The number of aromatic nitrogens is 1. The first-order valence-corrected chi connectivity index (χ1v) is 9.47. The van der Waals surface area contributed by atoms with E-state index in [1.54, 1.807) is 0 Å². The molecule has 0 bridgehead atoms. The van der Waals surface area contributed by atoms with Crippen LogP contribution >= 0.6 is 0 Å². The van der Waals surface area contributed by atoms with Crippen LogP contribution in [0.15, 0.2) is 17.8 Å². The zero-order chi connectivity index (χ0) is 22.4. The summed E-state index contributed by atoms with van der Waals surface area (Å²) in [6, 6.07) is -1.21. The molecule has 31 heavy (non-hydrogen) atoms. The monoisotopic (exact) mass is 438 g/mol. The van der Waals surface area contributed by atoms with Crippen molar-refractivity contribution in [3.05, 3.63) is 41.1 Å². The van der Waals surface area contributed by atoms with Gasteiger partial charge in [0.1, 0.15) is 17.6 Å². The number of fused-ring (bicyclic) bond motifs is 2. The lowest BCUT2D eigenvalue weighted by atomic mass is 9.92. The largest absolute Gasteiger partial charge is 0.356 e. The minimum absolute atomic E-state index is 0.0711. The lowest BCUT2D eigenvalue weighted by Crippen LogP contribution is -2.69. The van der Waals surface area contributed by atoms with Gasteiger partial charge in [0.2, 0.25) is 23.5 Å². The molecule has 0 spiro atoms. The van der Waals surface area contributed by atoms with Gasteiger partial charge in [-0.2, -0.15) is 13.8 Å². The van der Waals surface area contributed by atoms with Gasteiger partial charge in [-0.1, -0.05) is 0 Å². The smallest absolute Gasteiger partial charge is 0.257 e. The van der Waals surface area contributed by atoms with Crippen LogP contribution in [0.25, 0.3) is 0 Å². The van der Waals surface area contributed by atoms with E-state index < -0.39 is 71.0 Å². The molecule has 1 N–H and O–H groups in total. The van der Waals surface area contributed by atoms with E-state index in [-0.39, 0.29) is 12.6 Å². The summed E-state index contributed by atoms with van der Waals surface area (Å²) < 4.78 is 45.9. The summed E-state index contributed by atoms with van der Waals surface area (Å²) in [5, 5.41) is 2.11. The first-order valence-electron chi connectivity index (χ1n) is 9.47. The molecule has 1 aromatic heterocycles. The Morgan fingerprint density at radius 1 is 1.29 bits per heavy atom. The summed E-state index contributed by atoms with van der Waals surface area (Å²) in [6.07, 6.45) is 1.03. The topological polar surface area (TPSA) is 109 Å². The minimum atomic E-state index is -1.46. The van der Waals surface area contributed by atoms with Crippen molar-refractivity contribution in [2.45, 2.75) is 38.2 Å². The van der Waals surface area contributed by atoms with Gasteiger partial charge in [0.25, 0.3) is 11.8 Å². The van der Waals surface area contributed by atoms with E-state index in [2.05, 4.69) is 10.3 Å². The van der Waals surface area contributed by atoms with Crippen LogP contribution in [0.1, 0.15) is 18.9 Å². The Balaban J connectivity index is 1.55. The van der Waals surface area contributed by atoms with Crippen LogP contribution in [-0.4, -0.2) is 69.6 Å². The highest BCUT2D eigenvalue weighted by atomic mass is 19.1. The first kappa shape index (κ1) is 21.0. The van der Waals surface area contributed by atoms with E-state index in [1.807, 2.05) is 6.92 Å². The Hall–Kier alpha value is -3.28. The SMILES string of the molecule is C[C@@H]1CCO[C@H]2CN3C=C(C(=O)NCc4c(F)cc(F)nc4F)C(=O)C(=O)C3C(=O)N12. The van der Waals surface area contributed by atoms with Gasteiger partial charge in [-0.3, -0.25) is 19.2 Å². The summed E-state index contributed by atoms with van der Waals surface area (Å²) >= 11 is 0. The molecule has 1 aromatic rings. The normalized spacial score (nSPS) is 25.7. The molecule has 3 aliphatic heterocycles. The van der Waals surface area contributed by atoms with Crippen molar-refractivity contribution in [1.82, 2.24) is 20.1 Å². The zero-order valence-corrected chi connectivity index (χ0v) is 16.2. The number of nitrogens with zero attached hydrogens (tertiary/aromatic N) is 3. The number of Topliss-reactive ketones (excluding diaryl/α,β-unsaturated/α-hetero) is 2. The fourth-order valence-corrected chi connectivity index (χ4v) is 3.88. The molecular weight excluding hydrogens is 421 g/mol. The number of nitrogens with one attached hydrogen (secondary N) is 1. The fraction of sp³-hybridized carbons (Fsp3) is 0.421. The van der Waals surface area contributed by atoms with Crippen molar-refractivity contribution in [3.63, 3.8) is 0 Å². The number of piperazine rings is 1. The molecule has 164 valence electrons. The Kier molecular flexibility index (Phi) is 5.25. The van der Waals surface area contributed by atoms with E-state index in [1.165, 1.54) is 9.80 Å². The summed E-state index contributed by atoms with van der Waals surface area (Å²) in [7, 11) is 0. The molecule has 4 rings (SSSR count). The number of ketones is 2. The number of rotatable bonds is 3. The molecule has 0 aromatic carbocycles. The predicted molar refractivity (Wildman–Crippen MR) is 95.2 cm³/mol. The number of ether oxygens (including phenoxy) is 1. The number of hydrogen-bond donors (Lipinski definition) is 1. The van der Waals surface area contributed by atoms with Crippen molar-refractivity contribution in [3.8, 4) is 0 Å². The van der Waals surface area contributed by atoms with Crippen molar-refractivity contribution in [2.75, 3.05) is 13.2 Å². The average Bonchev–Trinajstić information content (AvgIpc) is 2.69. The highest BCUT2D eigenvalue weighted by molar-refractivity contribution is 6.53. The van der Waals surface area contributed by atoms with Crippen molar-refractivity contribution < 1.29 is 37.1 Å². The molecule has 4 heterocycles. The summed E-state index contributed by atoms with van der Waals surface area (Å²) in [5.74, 6) is -8.01. The van der Waals surface area contributed by atoms with Crippen molar-refractivity contribution >= 4 is 23.4 Å². The first-order chi connectivity index (χ1) is 14.7. The van der Waals surface area contributed by atoms with E-state index in [0.29, 0.717) is 19.1 Å². The molecule has 9 nitrogen and oxygen atoms in total. The quantitative estimate of drug-likeness (QED) is 0.301. The molecule has 0 aliphatic carbocycles. The number of carbonyl (C=O) groups excluding carboxylic acids is 4. The molecule has 3 atom stereocenters. The van der Waals surface area contributed by atoms with Crippen LogP contribution in [0, 0.1) is 17.7 Å². The van der Waals surface area contributed by atoms with Gasteiger partial charge in [-0.25, -0.2) is 4.39 Å². The van der Waals surface area contributed by atoms with Crippen LogP contribution in [0.5, 0.6) is 0 Å². The third kappa shape index (κ3) is 3.56. The summed E-state index contributed by atoms with van der Waals surface area (Å²) in [6.45, 7) is 1.57. The van der Waals surface area contributed by atoms with Gasteiger partial charge in [-0.15, -0.1) is 0 Å². The number of hydrogen-bond acceptors (Lipinski definition) is 7. The van der Waals surface area contributed by atoms with Crippen LogP contribution in [-0.2, 0) is 30.5 Å². The van der Waals surface area contributed by atoms with Crippen LogP contribution in [0.3, 0.4) is 0 Å². The third-order valence-corrected chi connectivity index (χ3v) is 5.49. The average molecular weight is 438 g/mol. The molecule has 2 saturated heterocycles. The van der Waals surface area contributed by atoms with Crippen LogP contribution < -0.4 is 5.32 Å². The Morgan fingerprint density at radius 2 is 2.03 bits per heavy atom. The van der Waals surface area contributed by atoms with E-state index in [9.17, 15) is 32.3 Å². The molecule has 12 heteroatoms. The zero-order valence-electron chi connectivity index (χ0n) is 16.2. The second-order valence-electron chi connectivity index (χ2n) is 7.42. The standard InChI is InChI=1S/C19H17F3N4O5/c1-8-2-3-31-13-7-25-6-10(15(27)16(28)14(25)19(30)26(8)13)18(29)23-5-9-11(20)4-12(21)24-17(9)22/h4,6,8,13-14H,2-3,5,7H2,1H3,(H,23,29)/t8-,13+,14?/m1/s1. The maximum absolute atomic E-state index is 13.7. The maximum Gasteiger partial charge on any atom is 0.257 e. The maximum atomic E-state index is 13.7. The number of amides is 2. The molecule has 1 unspecified atom stereocenters. The third-order valence-electron chi connectivity index (χ3n) is 5.49. The Labute approximate surface area is 173 Å². The Bertz CT molecular complexity index is 1010. The molecular formula is C19H17F3N4O5. The van der Waals surface area contributed by atoms with Gasteiger partial charge < -0.3 is 19.9 Å². The number of halogens is 3. The van der Waals surface area contributed by atoms with Gasteiger partial charge in [0.15, 0.2) is 6.04 Å². The number of carbonyl (C=O) groups is 4. The van der Waals surface area contributed by atoms with Gasteiger partial charge >= 0.3 is 0 Å². The lowest BCUT2D eigenvalue weighted by molar-refractivity contribution is -0.185. The second kappa shape index (κ2) is 7.76. The van der Waals surface area contributed by atoms with Gasteiger partial charge in [0, 0.05) is 18.3 Å². The molecule has 2 amide bonds. The van der Waals surface area contributed by atoms with Crippen molar-refractivity contribution in [2.24, 2.45) is 0 Å². The Morgan fingerprint density at radius 3 is 2.74 bits per heavy atom. The summed E-state index contributed by atoms with van der Waals surface area (Å²) in [5.41, 5.74) is -1.29. The molecule has 0 saturated carbocycles. The van der Waals surface area contributed by atoms with Crippen molar-refractivity contribution in [1.29, 1.82) is 0 Å². The van der Waals surface area contributed by atoms with Gasteiger partial charge in [-0.05, 0) is 13.3 Å². The summed E-state index contributed by atoms with van der Waals surface area (Å²) in [4.78, 5) is 55.9. The molecule has 2 fully saturated rings. The van der Waals surface area contributed by atoms with E-state index >= 15 is 0 Å². The van der Waals surface area contributed by atoms with Crippen LogP contribution in [0.4, 0.5) is 13.2 Å². The molecule has 0 radical (unpaired) electrons. The molecule has 3 aliphatic rings. The van der Waals surface area contributed by atoms with Gasteiger partial charge in [0.05, 0.1) is 25.3 Å². The van der Waals surface area contributed by atoms with Crippen LogP contribution in [0.2, 0.25) is 0 Å². The fourth-order valence-electron chi connectivity index (χ4n) is 3.88.